The maximum Gasteiger partial charge on any atom is 0.410 e. The van der Waals surface area contributed by atoms with E-state index < -0.39 is 0 Å². The number of hydrogen-bond donors (Lipinski definition) is 0. The van der Waals surface area contributed by atoms with Crippen molar-refractivity contribution in [3.63, 3.8) is 0 Å². The van der Waals surface area contributed by atoms with Gasteiger partial charge < -0.3 is 9.47 Å². The number of cyclic esters (lactones) is 1. The van der Waals surface area contributed by atoms with Crippen molar-refractivity contribution >= 4 is 6.09 Å². The van der Waals surface area contributed by atoms with Crippen molar-refractivity contribution < 1.29 is 14.3 Å². The van der Waals surface area contributed by atoms with Crippen LogP contribution >= 0.6 is 0 Å². The van der Waals surface area contributed by atoms with E-state index >= 15 is 0 Å². The first-order chi connectivity index (χ1) is 13.3. The Hall–Kier alpha value is -3.34. The lowest BCUT2D eigenvalue weighted by Gasteiger charge is -2.13. The highest BCUT2D eigenvalue weighted by Crippen LogP contribution is 2.27. The van der Waals surface area contributed by atoms with Crippen molar-refractivity contribution in [3.05, 3.63) is 95.8 Å². The first-order valence-electron chi connectivity index (χ1n) is 8.89. The van der Waals surface area contributed by atoms with E-state index in [2.05, 4.69) is 4.98 Å². The zero-order chi connectivity index (χ0) is 18.5. The minimum absolute atomic E-state index is 0.203. The Bertz CT molecular complexity index is 882. The van der Waals surface area contributed by atoms with Crippen LogP contribution in [-0.2, 0) is 17.9 Å². The van der Waals surface area contributed by atoms with Crippen LogP contribution in [0.2, 0.25) is 0 Å². The Labute approximate surface area is 158 Å². The highest BCUT2D eigenvalue weighted by molar-refractivity contribution is 5.70. The van der Waals surface area contributed by atoms with Gasteiger partial charge in [0.1, 0.15) is 18.5 Å². The molecule has 1 saturated heterocycles. The molecule has 5 nitrogen and oxygen atoms in total. The van der Waals surface area contributed by atoms with Gasteiger partial charge in [0.25, 0.3) is 0 Å². The number of pyridine rings is 1. The van der Waals surface area contributed by atoms with Crippen LogP contribution in [0.25, 0.3) is 0 Å². The summed E-state index contributed by atoms with van der Waals surface area (Å²) in [6.07, 6.45) is 2.93. The van der Waals surface area contributed by atoms with E-state index in [9.17, 15) is 4.79 Å². The maximum atomic E-state index is 12.2. The summed E-state index contributed by atoms with van der Waals surface area (Å²) in [5.41, 5.74) is 3.15. The molecule has 1 amide bonds. The summed E-state index contributed by atoms with van der Waals surface area (Å²) < 4.78 is 11.2. The van der Waals surface area contributed by atoms with E-state index in [1.807, 2.05) is 66.7 Å². The van der Waals surface area contributed by atoms with Crippen molar-refractivity contribution in [1.29, 1.82) is 0 Å². The first kappa shape index (κ1) is 17.1. The molecule has 0 spiro atoms. The summed E-state index contributed by atoms with van der Waals surface area (Å²) in [4.78, 5) is 17.9. The number of benzene rings is 2. The van der Waals surface area contributed by atoms with Crippen LogP contribution in [0.3, 0.4) is 0 Å². The molecule has 0 saturated carbocycles. The van der Waals surface area contributed by atoms with E-state index in [-0.39, 0.29) is 12.2 Å². The molecule has 1 aliphatic heterocycles. The summed E-state index contributed by atoms with van der Waals surface area (Å²) in [5.74, 6) is 0.744. The topological polar surface area (TPSA) is 51.7 Å². The molecule has 0 unspecified atom stereocenters. The number of nitrogens with zero attached hydrogens (tertiary/aromatic N) is 2. The molecule has 1 aliphatic rings. The third kappa shape index (κ3) is 4.26. The molecule has 1 fully saturated rings. The summed E-state index contributed by atoms with van der Waals surface area (Å²) >= 11 is 0. The van der Waals surface area contributed by atoms with Gasteiger partial charge in [-0.05, 0) is 28.8 Å². The number of aromatic nitrogens is 1. The number of carbonyl (C=O) groups excluding carboxylic acids is 1. The molecular formula is C22H20N2O3. The number of hydrogen-bond acceptors (Lipinski definition) is 4. The lowest BCUT2D eigenvalue weighted by Crippen LogP contribution is -2.23. The average molecular weight is 360 g/mol. The standard InChI is InChI=1S/C22H20N2O3/c25-22-24(15-21(27-22)19-5-2-1-3-6-19)14-17-8-10-18(11-9-17)16-26-20-7-4-12-23-13-20/h1-13,21H,14-16H2/t21-/m0/s1. The molecule has 0 N–H and O–H groups in total. The highest BCUT2D eigenvalue weighted by atomic mass is 16.6. The van der Waals surface area contributed by atoms with Gasteiger partial charge in [-0.25, -0.2) is 4.79 Å². The van der Waals surface area contributed by atoms with Gasteiger partial charge in [0.05, 0.1) is 12.7 Å². The van der Waals surface area contributed by atoms with Gasteiger partial charge in [0.2, 0.25) is 0 Å². The second-order valence-corrected chi connectivity index (χ2v) is 6.46. The quantitative estimate of drug-likeness (QED) is 0.656. The summed E-state index contributed by atoms with van der Waals surface area (Å²) in [6, 6.07) is 21.6. The molecule has 1 aromatic heterocycles. The van der Waals surface area contributed by atoms with Crippen molar-refractivity contribution in [2.75, 3.05) is 6.54 Å². The molecule has 3 aromatic rings. The molecule has 136 valence electrons. The molecule has 27 heavy (non-hydrogen) atoms. The minimum Gasteiger partial charge on any atom is -0.487 e. The molecule has 5 heteroatoms. The Morgan fingerprint density at radius 1 is 1.00 bits per heavy atom. The Kier molecular flexibility index (Phi) is 5.01. The van der Waals surface area contributed by atoms with Crippen LogP contribution in [-0.4, -0.2) is 22.5 Å². The third-order valence-corrected chi connectivity index (χ3v) is 4.50. The third-order valence-electron chi connectivity index (χ3n) is 4.50. The molecule has 0 aliphatic carbocycles. The number of amides is 1. The zero-order valence-corrected chi connectivity index (χ0v) is 14.8. The maximum absolute atomic E-state index is 12.2. The minimum atomic E-state index is -0.271. The summed E-state index contributed by atoms with van der Waals surface area (Å²) in [7, 11) is 0. The Morgan fingerprint density at radius 3 is 2.52 bits per heavy atom. The van der Waals surface area contributed by atoms with Crippen LogP contribution in [0, 0.1) is 0 Å². The van der Waals surface area contributed by atoms with Gasteiger partial charge in [-0.3, -0.25) is 9.88 Å². The lowest BCUT2D eigenvalue weighted by molar-refractivity contribution is 0.132. The SMILES string of the molecule is O=C1O[C@H](c2ccccc2)CN1Cc1ccc(COc2cccnc2)cc1. The molecule has 0 radical (unpaired) electrons. The molecule has 4 rings (SSSR count). The van der Waals surface area contributed by atoms with Crippen molar-refractivity contribution in [1.82, 2.24) is 9.88 Å². The van der Waals surface area contributed by atoms with Crippen LogP contribution < -0.4 is 4.74 Å². The number of carbonyl (C=O) groups is 1. The van der Waals surface area contributed by atoms with E-state index in [1.165, 1.54) is 0 Å². The zero-order valence-electron chi connectivity index (χ0n) is 14.8. The number of ether oxygens (including phenoxy) is 2. The molecule has 2 heterocycles. The Morgan fingerprint density at radius 2 is 1.78 bits per heavy atom. The van der Waals surface area contributed by atoms with Gasteiger partial charge >= 0.3 is 6.09 Å². The largest absolute Gasteiger partial charge is 0.487 e. The second-order valence-electron chi connectivity index (χ2n) is 6.46. The van der Waals surface area contributed by atoms with Crippen molar-refractivity contribution in [2.45, 2.75) is 19.3 Å². The fraction of sp³-hybridized carbons (Fsp3) is 0.182. The van der Waals surface area contributed by atoms with Crippen LogP contribution in [0.4, 0.5) is 4.79 Å². The number of rotatable bonds is 6. The first-order valence-corrected chi connectivity index (χ1v) is 8.89. The lowest BCUT2D eigenvalue weighted by atomic mass is 10.1. The molecular weight excluding hydrogens is 340 g/mol. The second kappa shape index (κ2) is 7.91. The Balaban J connectivity index is 1.34. The van der Waals surface area contributed by atoms with Crippen molar-refractivity contribution in [3.8, 4) is 5.75 Å². The molecule has 0 bridgehead atoms. The predicted octanol–water partition coefficient (Wildman–Crippen LogP) is 4.35. The predicted molar refractivity (Wildman–Crippen MR) is 101 cm³/mol. The van der Waals surface area contributed by atoms with E-state index in [0.717, 1.165) is 22.4 Å². The van der Waals surface area contributed by atoms with Gasteiger partial charge in [0.15, 0.2) is 0 Å². The summed E-state index contributed by atoms with van der Waals surface area (Å²) in [6.45, 7) is 1.58. The fourth-order valence-corrected chi connectivity index (χ4v) is 3.04. The fourth-order valence-electron chi connectivity index (χ4n) is 3.04. The van der Waals surface area contributed by atoms with Gasteiger partial charge in [-0.15, -0.1) is 0 Å². The van der Waals surface area contributed by atoms with Crippen LogP contribution in [0.5, 0.6) is 5.75 Å². The van der Waals surface area contributed by atoms with Crippen molar-refractivity contribution in [2.24, 2.45) is 0 Å². The van der Waals surface area contributed by atoms with E-state index in [1.54, 1.807) is 17.3 Å². The average Bonchev–Trinajstić information content (AvgIpc) is 3.09. The van der Waals surface area contributed by atoms with Gasteiger partial charge in [-0.1, -0.05) is 54.6 Å². The highest BCUT2D eigenvalue weighted by Gasteiger charge is 2.32. The van der Waals surface area contributed by atoms with Crippen LogP contribution in [0.15, 0.2) is 79.1 Å². The van der Waals surface area contributed by atoms with E-state index in [4.69, 9.17) is 9.47 Å². The smallest absolute Gasteiger partial charge is 0.410 e. The van der Waals surface area contributed by atoms with Crippen LogP contribution in [0.1, 0.15) is 22.8 Å². The van der Waals surface area contributed by atoms with Gasteiger partial charge in [-0.2, -0.15) is 0 Å². The summed E-state index contributed by atoms with van der Waals surface area (Å²) in [5, 5.41) is 0. The normalized spacial score (nSPS) is 16.2. The van der Waals surface area contributed by atoms with E-state index in [0.29, 0.717) is 19.7 Å². The molecule has 2 aromatic carbocycles. The molecule has 1 atom stereocenters. The monoisotopic (exact) mass is 360 g/mol. The van der Waals surface area contributed by atoms with Gasteiger partial charge in [0, 0.05) is 12.7 Å².